The van der Waals surface area contributed by atoms with Crippen LogP contribution in [0.4, 0.5) is 0 Å². The lowest BCUT2D eigenvalue weighted by Gasteiger charge is -2.62. The first-order valence-electron chi connectivity index (χ1n) is 7.60. The molecule has 0 amide bonds. The van der Waals surface area contributed by atoms with E-state index in [1.54, 1.807) is 0 Å². The van der Waals surface area contributed by atoms with Crippen LogP contribution in [0.2, 0.25) is 0 Å². The van der Waals surface area contributed by atoms with E-state index in [-0.39, 0.29) is 11.0 Å². The van der Waals surface area contributed by atoms with Crippen molar-refractivity contribution in [3.63, 3.8) is 0 Å². The van der Waals surface area contributed by atoms with Crippen LogP contribution in [0.3, 0.4) is 0 Å². The number of rotatable bonds is 1. The molecular formula is C17H21NO2. The second kappa shape index (κ2) is 4.15. The first kappa shape index (κ1) is 12.5. The van der Waals surface area contributed by atoms with Crippen molar-refractivity contribution in [3.8, 4) is 0 Å². The molecule has 0 radical (unpaired) electrons. The van der Waals surface area contributed by atoms with Crippen molar-refractivity contribution in [2.45, 2.75) is 49.2 Å². The van der Waals surface area contributed by atoms with E-state index in [2.05, 4.69) is 29.6 Å². The van der Waals surface area contributed by atoms with Gasteiger partial charge in [-0.15, -0.1) is 0 Å². The molecule has 106 valence electrons. The van der Waals surface area contributed by atoms with Crippen molar-refractivity contribution in [1.29, 1.82) is 0 Å². The molecule has 1 saturated heterocycles. The molecule has 2 bridgehead atoms. The lowest BCUT2D eigenvalue weighted by molar-refractivity contribution is -0.161. The summed E-state index contributed by atoms with van der Waals surface area (Å²) in [5.74, 6) is 0.398. The summed E-state index contributed by atoms with van der Waals surface area (Å²) in [7, 11) is 1.83. The Morgan fingerprint density at radius 3 is 3.00 bits per heavy atom. The Balaban J connectivity index is 1.98. The summed E-state index contributed by atoms with van der Waals surface area (Å²) >= 11 is 0. The number of benzene rings is 1. The number of methoxy groups -OCH3 is 1. The number of fused-ring (bicyclic) bond motifs is 1. The smallest absolute Gasteiger partial charge is 0.134 e. The van der Waals surface area contributed by atoms with Crippen molar-refractivity contribution in [1.82, 2.24) is 5.32 Å². The van der Waals surface area contributed by atoms with Crippen LogP contribution < -0.4 is 5.32 Å². The molecule has 1 N–H and O–H groups in total. The largest absolute Gasteiger partial charge is 0.376 e. The van der Waals surface area contributed by atoms with Gasteiger partial charge in [0.25, 0.3) is 0 Å². The van der Waals surface area contributed by atoms with Crippen LogP contribution in [0.25, 0.3) is 0 Å². The van der Waals surface area contributed by atoms with E-state index in [9.17, 15) is 4.79 Å². The third-order valence-corrected chi connectivity index (χ3v) is 5.91. The summed E-state index contributed by atoms with van der Waals surface area (Å²) in [5.41, 5.74) is 2.45. The predicted octanol–water partition coefficient (Wildman–Crippen LogP) is 1.98. The minimum atomic E-state index is -0.201. The van der Waals surface area contributed by atoms with Crippen molar-refractivity contribution in [2.75, 3.05) is 13.7 Å². The number of nitrogens with one attached hydrogen (secondary N) is 1. The average molecular weight is 271 g/mol. The number of ether oxygens (including phenoxy) is 1. The highest BCUT2D eigenvalue weighted by atomic mass is 16.5. The molecule has 1 aliphatic heterocycles. The Bertz CT molecular complexity index is 570. The van der Waals surface area contributed by atoms with E-state index < -0.39 is 0 Å². The Labute approximate surface area is 119 Å². The van der Waals surface area contributed by atoms with Crippen LogP contribution in [0.15, 0.2) is 24.3 Å². The molecule has 2 fully saturated rings. The number of ketones is 1. The SMILES string of the molecule is COC12CCC(=O)C[C@@]13CCN[C@@H]2Cc1ccccc13. The zero-order valence-corrected chi connectivity index (χ0v) is 11.9. The third kappa shape index (κ3) is 1.35. The van der Waals surface area contributed by atoms with Gasteiger partial charge in [0.2, 0.25) is 0 Å². The van der Waals surface area contributed by atoms with E-state index in [1.807, 2.05) is 7.11 Å². The van der Waals surface area contributed by atoms with Crippen LogP contribution in [0.5, 0.6) is 0 Å². The minimum Gasteiger partial charge on any atom is -0.376 e. The molecule has 1 unspecified atom stereocenters. The molecule has 0 spiro atoms. The van der Waals surface area contributed by atoms with Crippen molar-refractivity contribution in [3.05, 3.63) is 35.4 Å². The quantitative estimate of drug-likeness (QED) is 0.849. The molecular weight excluding hydrogens is 250 g/mol. The summed E-state index contributed by atoms with van der Waals surface area (Å²) < 4.78 is 6.13. The molecule has 20 heavy (non-hydrogen) atoms. The van der Waals surface area contributed by atoms with Crippen molar-refractivity contribution < 1.29 is 9.53 Å². The van der Waals surface area contributed by atoms with Gasteiger partial charge in [-0.1, -0.05) is 24.3 Å². The lowest BCUT2D eigenvalue weighted by atomic mass is 9.49. The van der Waals surface area contributed by atoms with E-state index in [4.69, 9.17) is 4.74 Å². The topological polar surface area (TPSA) is 38.3 Å². The number of hydrogen-bond acceptors (Lipinski definition) is 3. The van der Waals surface area contributed by atoms with Gasteiger partial charge in [-0.2, -0.15) is 0 Å². The summed E-state index contributed by atoms with van der Waals surface area (Å²) in [4.78, 5) is 12.2. The standard InChI is InChI=1S/C17H21NO2/c1-20-17-7-6-13(19)11-16(17)8-9-18-15(17)10-12-4-2-3-5-14(12)16/h2-5,15,18H,6-11H2,1H3/t15-,16-,17?/m1/s1. The first-order chi connectivity index (χ1) is 9.72. The summed E-state index contributed by atoms with van der Waals surface area (Å²) in [6.07, 6.45) is 4.18. The van der Waals surface area contributed by atoms with Crippen LogP contribution in [0.1, 0.15) is 36.8 Å². The minimum absolute atomic E-state index is 0.109. The second-order valence-electron chi connectivity index (χ2n) is 6.51. The summed E-state index contributed by atoms with van der Waals surface area (Å²) in [6, 6.07) is 8.99. The summed E-state index contributed by atoms with van der Waals surface area (Å²) in [6.45, 7) is 0.984. The molecule has 1 aromatic rings. The lowest BCUT2D eigenvalue weighted by Crippen LogP contribution is -2.73. The highest BCUT2D eigenvalue weighted by molar-refractivity contribution is 5.82. The molecule has 1 saturated carbocycles. The van der Waals surface area contributed by atoms with Gasteiger partial charge < -0.3 is 10.1 Å². The second-order valence-corrected chi connectivity index (χ2v) is 6.51. The number of carbonyl (C=O) groups excluding carboxylic acids is 1. The Morgan fingerprint density at radius 1 is 1.30 bits per heavy atom. The van der Waals surface area contributed by atoms with Gasteiger partial charge in [-0.25, -0.2) is 0 Å². The average Bonchev–Trinajstić information content (AvgIpc) is 2.46. The monoisotopic (exact) mass is 271 g/mol. The van der Waals surface area contributed by atoms with Crippen LogP contribution in [0, 0.1) is 0 Å². The molecule has 3 atom stereocenters. The first-order valence-corrected chi connectivity index (χ1v) is 7.60. The molecule has 3 nitrogen and oxygen atoms in total. The van der Waals surface area contributed by atoms with Gasteiger partial charge in [0.05, 0.1) is 5.60 Å². The van der Waals surface area contributed by atoms with Gasteiger partial charge in [0.15, 0.2) is 0 Å². The van der Waals surface area contributed by atoms with E-state index in [0.29, 0.717) is 24.7 Å². The molecule has 1 heterocycles. The van der Waals surface area contributed by atoms with Gasteiger partial charge in [-0.3, -0.25) is 4.79 Å². The predicted molar refractivity (Wildman–Crippen MR) is 76.8 cm³/mol. The van der Waals surface area contributed by atoms with Crippen LogP contribution in [-0.2, 0) is 21.4 Å². The number of piperidine rings is 1. The zero-order chi connectivity index (χ0) is 13.8. The van der Waals surface area contributed by atoms with Crippen LogP contribution in [-0.4, -0.2) is 31.1 Å². The Morgan fingerprint density at radius 2 is 2.15 bits per heavy atom. The molecule has 2 aliphatic carbocycles. The summed E-state index contributed by atoms with van der Waals surface area (Å²) in [5, 5.41) is 3.66. The maximum Gasteiger partial charge on any atom is 0.134 e. The zero-order valence-electron chi connectivity index (χ0n) is 11.9. The highest BCUT2D eigenvalue weighted by Gasteiger charge is 2.63. The van der Waals surface area contributed by atoms with Gasteiger partial charge in [-0.05, 0) is 36.9 Å². The Kier molecular flexibility index (Phi) is 2.60. The number of Topliss-reactive ketones (excluding diaryl/α,β-unsaturated/α-hetero) is 1. The Hall–Kier alpha value is -1.19. The van der Waals surface area contributed by atoms with E-state index >= 15 is 0 Å². The van der Waals surface area contributed by atoms with E-state index in [0.717, 1.165) is 25.8 Å². The maximum absolute atomic E-state index is 12.2. The normalized spacial score (nSPS) is 39.0. The van der Waals surface area contributed by atoms with E-state index in [1.165, 1.54) is 11.1 Å². The molecule has 3 aliphatic rings. The van der Waals surface area contributed by atoms with Crippen LogP contribution >= 0.6 is 0 Å². The van der Waals surface area contributed by atoms with Crippen molar-refractivity contribution >= 4 is 5.78 Å². The molecule has 3 heteroatoms. The van der Waals surface area contributed by atoms with Gasteiger partial charge in [0, 0.05) is 31.4 Å². The van der Waals surface area contributed by atoms with Gasteiger partial charge >= 0.3 is 0 Å². The van der Waals surface area contributed by atoms with Crippen molar-refractivity contribution in [2.24, 2.45) is 0 Å². The fourth-order valence-electron chi connectivity index (χ4n) is 5.09. The van der Waals surface area contributed by atoms with Gasteiger partial charge in [0.1, 0.15) is 5.78 Å². The number of carbonyl (C=O) groups is 1. The molecule has 4 rings (SSSR count). The molecule has 0 aromatic heterocycles. The number of hydrogen-bond donors (Lipinski definition) is 1. The highest BCUT2D eigenvalue weighted by Crippen LogP contribution is 2.56. The molecule has 1 aromatic carbocycles. The fourth-order valence-corrected chi connectivity index (χ4v) is 5.09. The third-order valence-electron chi connectivity index (χ3n) is 5.91. The maximum atomic E-state index is 12.2. The fraction of sp³-hybridized carbons (Fsp3) is 0.588.